The van der Waals surface area contributed by atoms with Gasteiger partial charge in [-0.2, -0.15) is 0 Å². The van der Waals surface area contributed by atoms with Gasteiger partial charge in [0, 0.05) is 23.6 Å². The lowest BCUT2D eigenvalue weighted by Crippen LogP contribution is -2.43. The molecule has 0 aromatic heterocycles. The SMILES string of the molecule is CCC(CNCc1cc2c(cc1Br)OCO2)NC(=O)OC(C)(C)C. The van der Waals surface area contributed by atoms with E-state index in [4.69, 9.17) is 14.2 Å². The van der Waals surface area contributed by atoms with Gasteiger partial charge in [0.25, 0.3) is 0 Å². The summed E-state index contributed by atoms with van der Waals surface area (Å²) in [5, 5.41) is 6.24. The molecule has 7 heteroatoms. The minimum Gasteiger partial charge on any atom is -0.454 e. The molecule has 134 valence electrons. The molecular formula is C17H25BrN2O4. The maximum Gasteiger partial charge on any atom is 0.407 e. The number of nitrogens with one attached hydrogen (secondary N) is 2. The number of rotatable bonds is 6. The first-order valence-electron chi connectivity index (χ1n) is 8.06. The Bertz CT molecular complexity index is 587. The van der Waals surface area contributed by atoms with Crippen molar-refractivity contribution in [3.8, 4) is 11.5 Å². The highest BCUT2D eigenvalue weighted by molar-refractivity contribution is 9.10. The Morgan fingerprint density at radius 3 is 2.62 bits per heavy atom. The summed E-state index contributed by atoms with van der Waals surface area (Å²) in [7, 11) is 0. The smallest absolute Gasteiger partial charge is 0.407 e. The summed E-state index contributed by atoms with van der Waals surface area (Å²) < 4.78 is 17.0. The Balaban J connectivity index is 1.83. The van der Waals surface area contributed by atoms with E-state index in [1.807, 2.05) is 39.8 Å². The number of hydrogen-bond donors (Lipinski definition) is 2. The minimum atomic E-state index is -0.493. The fraction of sp³-hybridized carbons (Fsp3) is 0.588. The van der Waals surface area contributed by atoms with E-state index in [2.05, 4.69) is 26.6 Å². The number of amides is 1. The van der Waals surface area contributed by atoms with Crippen LogP contribution in [0.1, 0.15) is 39.7 Å². The normalized spacial score (nSPS) is 14.4. The predicted octanol–water partition coefficient (Wildman–Crippen LogP) is 3.57. The van der Waals surface area contributed by atoms with Crippen molar-refractivity contribution in [3.05, 3.63) is 22.2 Å². The van der Waals surface area contributed by atoms with E-state index in [1.165, 1.54) is 0 Å². The highest BCUT2D eigenvalue weighted by atomic mass is 79.9. The van der Waals surface area contributed by atoms with Gasteiger partial charge in [0.1, 0.15) is 5.60 Å². The number of benzene rings is 1. The van der Waals surface area contributed by atoms with E-state index >= 15 is 0 Å². The van der Waals surface area contributed by atoms with Crippen molar-refractivity contribution in [1.82, 2.24) is 10.6 Å². The van der Waals surface area contributed by atoms with E-state index < -0.39 is 5.60 Å². The Morgan fingerprint density at radius 1 is 1.33 bits per heavy atom. The molecule has 0 saturated heterocycles. The monoisotopic (exact) mass is 400 g/mol. The largest absolute Gasteiger partial charge is 0.454 e. The Hall–Kier alpha value is -1.47. The average molecular weight is 401 g/mol. The zero-order chi connectivity index (χ0) is 17.7. The van der Waals surface area contributed by atoms with Crippen LogP contribution in [0.3, 0.4) is 0 Å². The highest BCUT2D eigenvalue weighted by Gasteiger charge is 2.19. The third-order valence-electron chi connectivity index (χ3n) is 3.46. The second-order valence-electron chi connectivity index (χ2n) is 6.68. The van der Waals surface area contributed by atoms with Crippen LogP contribution in [0.5, 0.6) is 11.5 Å². The van der Waals surface area contributed by atoms with Crippen LogP contribution in [0.25, 0.3) is 0 Å². The van der Waals surface area contributed by atoms with Crippen LogP contribution >= 0.6 is 15.9 Å². The summed E-state index contributed by atoms with van der Waals surface area (Å²) in [5.41, 5.74) is 0.582. The van der Waals surface area contributed by atoms with E-state index in [0.29, 0.717) is 13.1 Å². The number of fused-ring (bicyclic) bond motifs is 1. The van der Waals surface area contributed by atoms with E-state index in [1.54, 1.807) is 0 Å². The zero-order valence-electron chi connectivity index (χ0n) is 14.6. The molecule has 0 spiro atoms. The number of alkyl carbamates (subject to hydrolysis) is 1. The quantitative estimate of drug-likeness (QED) is 0.763. The molecule has 0 saturated carbocycles. The van der Waals surface area contributed by atoms with Crippen molar-refractivity contribution in [2.45, 2.75) is 52.3 Å². The van der Waals surface area contributed by atoms with Gasteiger partial charge >= 0.3 is 6.09 Å². The molecule has 0 bridgehead atoms. The first-order valence-corrected chi connectivity index (χ1v) is 8.86. The molecule has 2 rings (SSSR count). The van der Waals surface area contributed by atoms with E-state index in [9.17, 15) is 4.79 Å². The highest BCUT2D eigenvalue weighted by Crippen LogP contribution is 2.36. The molecule has 6 nitrogen and oxygen atoms in total. The summed E-state index contributed by atoms with van der Waals surface area (Å²) in [6.07, 6.45) is 0.426. The summed E-state index contributed by atoms with van der Waals surface area (Å²) in [6, 6.07) is 3.88. The van der Waals surface area contributed by atoms with Gasteiger partial charge < -0.3 is 24.8 Å². The number of halogens is 1. The van der Waals surface area contributed by atoms with Gasteiger partial charge in [-0.05, 0) is 44.9 Å². The van der Waals surface area contributed by atoms with Crippen molar-refractivity contribution in [2.75, 3.05) is 13.3 Å². The van der Waals surface area contributed by atoms with Gasteiger partial charge in [-0.3, -0.25) is 0 Å². The van der Waals surface area contributed by atoms with Crippen molar-refractivity contribution in [1.29, 1.82) is 0 Å². The molecule has 0 aliphatic carbocycles. The lowest BCUT2D eigenvalue weighted by atomic mass is 10.2. The first kappa shape index (κ1) is 18.9. The van der Waals surface area contributed by atoms with E-state index in [-0.39, 0.29) is 18.9 Å². The number of hydrogen-bond acceptors (Lipinski definition) is 5. The van der Waals surface area contributed by atoms with E-state index in [0.717, 1.165) is 28.0 Å². The van der Waals surface area contributed by atoms with Crippen LogP contribution in [0.15, 0.2) is 16.6 Å². The maximum absolute atomic E-state index is 11.8. The van der Waals surface area contributed by atoms with Gasteiger partial charge in [0.2, 0.25) is 6.79 Å². The third kappa shape index (κ3) is 5.56. The number of ether oxygens (including phenoxy) is 3. The fourth-order valence-electron chi connectivity index (χ4n) is 2.25. The second-order valence-corrected chi connectivity index (χ2v) is 7.53. The van der Waals surface area contributed by atoms with Crippen LogP contribution in [-0.2, 0) is 11.3 Å². The fourth-order valence-corrected chi connectivity index (χ4v) is 2.71. The van der Waals surface area contributed by atoms with Crippen LogP contribution in [-0.4, -0.2) is 31.1 Å². The predicted molar refractivity (Wildman–Crippen MR) is 95.4 cm³/mol. The van der Waals surface area contributed by atoms with Crippen LogP contribution in [0, 0.1) is 0 Å². The molecule has 1 atom stereocenters. The molecule has 1 aromatic carbocycles. The minimum absolute atomic E-state index is 0.00707. The van der Waals surface area contributed by atoms with Crippen molar-refractivity contribution in [3.63, 3.8) is 0 Å². The van der Waals surface area contributed by atoms with Crippen LogP contribution in [0.2, 0.25) is 0 Å². The molecule has 1 heterocycles. The first-order chi connectivity index (χ1) is 11.3. The Labute approximate surface area is 151 Å². The van der Waals surface area contributed by atoms with Gasteiger partial charge in [-0.1, -0.05) is 22.9 Å². The lowest BCUT2D eigenvalue weighted by molar-refractivity contribution is 0.0502. The van der Waals surface area contributed by atoms with Gasteiger partial charge in [0.05, 0.1) is 0 Å². The Kier molecular flexibility index (Phi) is 6.34. The Morgan fingerprint density at radius 2 is 2.00 bits per heavy atom. The van der Waals surface area contributed by atoms with Gasteiger partial charge in [0.15, 0.2) is 11.5 Å². The molecular weight excluding hydrogens is 376 g/mol. The number of carbonyl (C=O) groups excluding carboxylic acids is 1. The van der Waals surface area contributed by atoms with Crippen LogP contribution < -0.4 is 20.1 Å². The standard InChI is InChI=1S/C17H25BrN2O4/c1-5-12(20-16(21)24-17(2,3)4)9-19-8-11-6-14-15(7-13(11)18)23-10-22-14/h6-7,12,19H,5,8-10H2,1-4H3,(H,20,21). The molecule has 0 fully saturated rings. The molecule has 1 aliphatic rings. The lowest BCUT2D eigenvalue weighted by Gasteiger charge is -2.23. The van der Waals surface area contributed by atoms with Crippen molar-refractivity contribution >= 4 is 22.0 Å². The summed E-state index contributed by atoms with van der Waals surface area (Å²) in [5.74, 6) is 1.51. The van der Waals surface area contributed by atoms with Gasteiger partial charge in [-0.15, -0.1) is 0 Å². The number of carbonyl (C=O) groups is 1. The van der Waals surface area contributed by atoms with Crippen molar-refractivity contribution in [2.24, 2.45) is 0 Å². The molecule has 1 aliphatic heterocycles. The van der Waals surface area contributed by atoms with Crippen molar-refractivity contribution < 1.29 is 19.0 Å². The topological polar surface area (TPSA) is 68.8 Å². The maximum atomic E-state index is 11.8. The van der Waals surface area contributed by atoms with Gasteiger partial charge in [-0.25, -0.2) is 4.79 Å². The summed E-state index contributed by atoms with van der Waals surface area (Å²) >= 11 is 3.54. The zero-order valence-corrected chi connectivity index (χ0v) is 16.2. The molecule has 1 amide bonds. The molecule has 1 unspecified atom stereocenters. The average Bonchev–Trinajstić information content (AvgIpc) is 2.91. The second kappa shape index (κ2) is 8.07. The summed E-state index contributed by atoms with van der Waals surface area (Å²) in [6.45, 7) is 9.14. The molecule has 24 heavy (non-hydrogen) atoms. The van der Waals surface area contributed by atoms with Crippen LogP contribution in [0.4, 0.5) is 4.79 Å². The molecule has 1 aromatic rings. The molecule has 0 radical (unpaired) electrons. The molecule has 2 N–H and O–H groups in total. The summed E-state index contributed by atoms with van der Waals surface area (Å²) in [4.78, 5) is 11.8. The third-order valence-corrected chi connectivity index (χ3v) is 4.20.